The molecule has 2 rings (SSSR count). The molecule has 0 atom stereocenters. The number of rotatable bonds is 6. The summed E-state index contributed by atoms with van der Waals surface area (Å²) in [6.07, 6.45) is 2.36. The van der Waals surface area contributed by atoms with Crippen LogP contribution in [0.15, 0.2) is 18.2 Å². The Balaban J connectivity index is 0.00000242. The van der Waals surface area contributed by atoms with Crippen LogP contribution in [0.2, 0.25) is 0 Å². The van der Waals surface area contributed by atoms with Gasteiger partial charge in [-0.2, -0.15) is 0 Å². The fourth-order valence-corrected chi connectivity index (χ4v) is 2.73. The molecule has 0 saturated carbocycles. The highest BCUT2D eigenvalue weighted by Gasteiger charge is 2.23. The molecule has 3 N–H and O–H groups in total. The molecular weight excluding hydrogens is 339 g/mol. The van der Waals surface area contributed by atoms with Gasteiger partial charge in [-0.25, -0.2) is 0 Å². The van der Waals surface area contributed by atoms with Crippen molar-refractivity contribution in [3.63, 3.8) is 0 Å². The third-order valence-corrected chi connectivity index (χ3v) is 4.19. The van der Waals surface area contributed by atoms with Crippen LogP contribution in [0, 0.1) is 0 Å². The molecule has 0 aromatic heterocycles. The summed E-state index contributed by atoms with van der Waals surface area (Å²) in [5, 5.41) is 2.18. The number of carbonyl (C=O) groups excluding carboxylic acids is 1. The van der Waals surface area contributed by atoms with Crippen molar-refractivity contribution < 1.29 is 49.3 Å². The van der Waals surface area contributed by atoms with Crippen molar-refractivity contribution in [1.82, 2.24) is 0 Å². The first-order valence-corrected chi connectivity index (χ1v) is 7.53. The van der Waals surface area contributed by atoms with Crippen LogP contribution in [0.3, 0.4) is 0 Å². The zero-order valence-electron chi connectivity index (χ0n) is 13.9. The Labute approximate surface area is 150 Å². The van der Waals surface area contributed by atoms with Crippen LogP contribution in [0.25, 0.3) is 0 Å². The molecule has 0 radical (unpaired) electrons. The average molecular weight is 365 g/mol. The molecule has 1 aromatic rings. The van der Waals surface area contributed by atoms with Crippen LogP contribution < -0.4 is 44.5 Å². The normalized spacial score (nSPS) is 20.0. The van der Waals surface area contributed by atoms with Gasteiger partial charge in [-0.3, -0.25) is 4.79 Å². The first kappa shape index (κ1) is 22.0. The van der Waals surface area contributed by atoms with Gasteiger partial charge < -0.3 is 44.5 Å². The molecule has 1 aromatic carbocycles. The first-order chi connectivity index (χ1) is 10.1. The number of piperidine rings is 1. The van der Waals surface area contributed by atoms with Crippen LogP contribution >= 0.6 is 0 Å². The molecule has 1 aliphatic heterocycles. The van der Waals surface area contributed by atoms with Crippen LogP contribution in [-0.4, -0.2) is 52.7 Å². The fraction of sp³-hybridized carbons (Fsp3) is 0.562. The van der Waals surface area contributed by atoms with Crippen molar-refractivity contribution in [2.75, 3.05) is 40.9 Å². The number of methoxy groups -OCH3 is 2. The molecule has 7 heteroatoms. The minimum atomic E-state index is 0. The second kappa shape index (κ2) is 10.7. The molecule has 0 aliphatic carbocycles. The van der Waals surface area contributed by atoms with Gasteiger partial charge in [-0.15, -0.1) is 0 Å². The summed E-state index contributed by atoms with van der Waals surface area (Å²) in [4.78, 5) is 13.9. The van der Waals surface area contributed by atoms with E-state index >= 15 is 0 Å². The van der Waals surface area contributed by atoms with E-state index in [0.717, 1.165) is 0 Å². The highest BCUT2D eigenvalue weighted by Crippen LogP contribution is 2.22. The van der Waals surface area contributed by atoms with Gasteiger partial charge in [-0.05, 0) is 12.1 Å². The van der Waals surface area contributed by atoms with Crippen LogP contribution in [0.5, 0.6) is 11.5 Å². The Hall–Kier alpha value is -1.01. The first-order valence-electron chi connectivity index (χ1n) is 7.53. The number of hydrogen-bond acceptors (Lipinski definition) is 3. The Morgan fingerprint density at radius 1 is 1.13 bits per heavy atom. The maximum absolute atomic E-state index is 12.3. The summed E-state index contributed by atoms with van der Waals surface area (Å²) >= 11 is 0. The standard InChI is InChI=1S/C16H24N2O3.2ClH/c1-18-6-4-13(5-7-18)17-11-16(19)12-8-14(20-2)10-15(9-12)21-3;;/h8-10,13,17H,4-7,11H2,1-3H3;2*1H. The summed E-state index contributed by atoms with van der Waals surface area (Å²) < 4.78 is 10.4. The second-order valence-corrected chi connectivity index (χ2v) is 5.76. The summed E-state index contributed by atoms with van der Waals surface area (Å²) in [6, 6.07) is 5.90. The number of nitrogens with one attached hydrogen (secondary N) is 1. The van der Waals surface area contributed by atoms with Crippen LogP contribution in [0.4, 0.5) is 0 Å². The third-order valence-electron chi connectivity index (χ3n) is 4.19. The molecule has 132 valence electrons. The number of ether oxygens (including phenoxy) is 2. The van der Waals surface area contributed by atoms with Crippen molar-refractivity contribution in [2.24, 2.45) is 0 Å². The SMILES string of the molecule is COc1cc(OC)cc(C(=O)C[NH2+]C2CC[NH+](C)CC2)c1.[Cl-].[Cl-]. The molecule has 1 fully saturated rings. The second-order valence-electron chi connectivity index (χ2n) is 5.76. The van der Waals surface area contributed by atoms with E-state index in [1.165, 1.54) is 25.9 Å². The Bertz CT molecular complexity index is 470. The molecule has 0 unspecified atom stereocenters. The molecule has 0 spiro atoms. The average Bonchev–Trinajstić information content (AvgIpc) is 2.53. The van der Waals surface area contributed by atoms with E-state index in [1.54, 1.807) is 37.3 Å². The maximum Gasteiger partial charge on any atom is 0.217 e. The predicted octanol–water partition coefficient (Wildman–Crippen LogP) is -6.87. The van der Waals surface area contributed by atoms with E-state index in [9.17, 15) is 4.79 Å². The van der Waals surface area contributed by atoms with Gasteiger partial charge in [0.1, 0.15) is 18.0 Å². The van der Waals surface area contributed by atoms with Gasteiger partial charge >= 0.3 is 0 Å². The van der Waals surface area contributed by atoms with Gasteiger partial charge in [0, 0.05) is 24.5 Å². The molecule has 5 nitrogen and oxygen atoms in total. The number of nitrogens with two attached hydrogens (primary N) is 1. The van der Waals surface area contributed by atoms with E-state index in [1.807, 2.05) is 0 Å². The van der Waals surface area contributed by atoms with E-state index < -0.39 is 0 Å². The highest BCUT2D eigenvalue weighted by atomic mass is 35.5. The summed E-state index contributed by atoms with van der Waals surface area (Å²) in [6.45, 7) is 2.88. The van der Waals surface area contributed by atoms with E-state index in [2.05, 4.69) is 12.4 Å². The quantitative estimate of drug-likeness (QED) is 0.493. The Kier molecular flexibility index (Phi) is 10.2. The zero-order chi connectivity index (χ0) is 15.2. The lowest BCUT2D eigenvalue weighted by Crippen LogP contribution is -3.12. The molecule has 1 saturated heterocycles. The lowest BCUT2D eigenvalue weighted by molar-refractivity contribution is -0.893. The van der Waals surface area contributed by atoms with Crippen molar-refractivity contribution in [3.05, 3.63) is 23.8 Å². The third kappa shape index (κ3) is 6.55. The van der Waals surface area contributed by atoms with Crippen molar-refractivity contribution in [2.45, 2.75) is 18.9 Å². The van der Waals surface area contributed by atoms with Gasteiger partial charge in [0.2, 0.25) is 5.78 Å². The summed E-state index contributed by atoms with van der Waals surface area (Å²) in [7, 11) is 5.41. The van der Waals surface area contributed by atoms with Crippen LogP contribution in [0.1, 0.15) is 23.2 Å². The topological polar surface area (TPSA) is 56.6 Å². The van der Waals surface area contributed by atoms with E-state index in [0.29, 0.717) is 29.6 Å². The van der Waals surface area contributed by atoms with Gasteiger partial charge in [-0.1, -0.05) is 0 Å². The Morgan fingerprint density at radius 3 is 2.13 bits per heavy atom. The van der Waals surface area contributed by atoms with Gasteiger partial charge in [0.25, 0.3) is 0 Å². The summed E-state index contributed by atoms with van der Waals surface area (Å²) in [5.74, 6) is 1.43. The number of likely N-dealkylation sites (tertiary alicyclic amines) is 1. The fourth-order valence-electron chi connectivity index (χ4n) is 2.73. The van der Waals surface area contributed by atoms with Gasteiger partial charge in [0.05, 0.1) is 40.4 Å². The van der Waals surface area contributed by atoms with E-state index in [-0.39, 0.29) is 30.6 Å². The summed E-state index contributed by atoms with van der Waals surface area (Å²) in [5.41, 5.74) is 0.654. The number of quaternary nitrogens is 2. The number of benzene rings is 1. The zero-order valence-corrected chi connectivity index (χ0v) is 15.4. The smallest absolute Gasteiger partial charge is 0.217 e. The molecule has 1 aliphatic rings. The lowest BCUT2D eigenvalue weighted by Gasteiger charge is -2.24. The minimum absolute atomic E-state index is 0. The maximum atomic E-state index is 12.3. The Morgan fingerprint density at radius 2 is 1.65 bits per heavy atom. The number of carbonyl (C=O) groups is 1. The largest absolute Gasteiger partial charge is 1.00 e. The minimum Gasteiger partial charge on any atom is -1.00 e. The number of hydrogen-bond donors (Lipinski definition) is 2. The monoisotopic (exact) mass is 364 g/mol. The van der Waals surface area contributed by atoms with E-state index in [4.69, 9.17) is 9.47 Å². The number of Topliss-reactive ketones (excluding diaryl/α,β-unsaturated/α-hetero) is 1. The van der Waals surface area contributed by atoms with Crippen LogP contribution in [-0.2, 0) is 0 Å². The van der Waals surface area contributed by atoms with Crippen molar-refractivity contribution in [3.8, 4) is 11.5 Å². The highest BCUT2D eigenvalue weighted by molar-refractivity contribution is 5.97. The van der Waals surface area contributed by atoms with Gasteiger partial charge in [0.15, 0.2) is 0 Å². The molecule has 0 bridgehead atoms. The lowest BCUT2D eigenvalue weighted by atomic mass is 10.0. The molecule has 23 heavy (non-hydrogen) atoms. The predicted molar refractivity (Wildman–Crippen MR) is 80.3 cm³/mol. The number of halogens is 2. The van der Waals surface area contributed by atoms with Crippen molar-refractivity contribution in [1.29, 1.82) is 0 Å². The molecule has 1 heterocycles. The molecular formula is C16H26Cl2N2O3. The van der Waals surface area contributed by atoms with Crippen molar-refractivity contribution >= 4 is 5.78 Å². The molecule has 0 amide bonds. The number of ketones is 1.